The van der Waals surface area contributed by atoms with Crippen LogP contribution in [-0.4, -0.2) is 9.97 Å². The standard InChI is InChI=1S/C7H8N4S/c8-2-4-1-5-6(10-3-4)11-7(9)12-5/h1,3H,2,8H2,(H2,9,10,11). The number of rotatable bonds is 1. The van der Waals surface area contributed by atoms with Gasteiger partial charge in [-0.15, -0.1) is 0 Å². The third-order valence-electron chi connectivity index (χ3n) is 1.56. The van der Waals surface area contributed by atoms with Crippen molar-refractivity contribution in [2.24, 2.45) is 5.73 Å². The number of anilines is 1. The third-order valence-corrected chi connectivity index (χ3v) is 2.38. The van der Waals surface area contributed by atoms with E-state index in [9.17, 15) is 0 Å². The molecule has 0 radical (unpaired) electrons. The SMILES string of the molecule is NCc1cnc2nc(N)sc2c1. The van der Waals surface area contributed by atoms with Gasteiger partial charge in [-0.25, -0.2) is 9.97 Å². The summed E-state index contributed by atoms with van der Waals surface area (Å²) in [6.07, 6.45) is 1.72. The van der Waals surface area contributed by atoms with E-state index < -0.39 is 0 Å². The van der Waals surface area contributed by atoms with Crippen LogP contribution in [0.1, 0.15) is 5.56 Å². The molecule has 0 saturated heterocycles. The maximum absolute atomic E-state index is 5.52. The summed E-state index contributed by atoms with van der Waals surface area (Å²) in [6.45, 7) is 0.501. The monoisotopic (exact) mass is 180 g/mol. The van der Waals surface area contributed by atoms with Gasteiger partial charge in [0.1, 0.15) is 0 Å². The summed E-state index contributed by atoms with van der Waals surface area (Å²) < 4.78 is 0.996. The van der Waals surface area contributed by atoms with Crippen molar-refractivity contribution in [2.45, 2.75) is 6.54 Å². The molecule has 0 spiro atoms. The van der Waals surface area contributed by atoms with Crippen LogP contribution in [0, 0.1) is 0 Å². The minimum absolute atomic E-state index is 0.501. The highest BCUT2D eigenvalue weighted by atomic mass is 32.1. The molecule has 0 unspecified atom stereocenters. The number of nitrogens with zero attached hydrogens (tertiary/aromatic N) is 2. The van der Waals surface area contributed by atoms with E-state index >= 15 is 0 Å². The Morgan fingerprint density at radius 2 is 2.33 bits per heavy atom. The van der Waals surface area contributed by atoms with E-state index in [2.05, 4.69) is 9.97 Å². The first-order chi connectivity index (χ1) is 5.79. The van der Waals surface area contributed by atoms with Crippen molar-refractivity contribution < 1.29 is 0 Å². The van der Waals surface area contributed by atoms with E-state index in [0.29, 0.717) is 17.3 Å². The summed E-state index contributed by atoms with van der Waals surface area (Å²) in [7, 11) is 0. The predicted molar refractivity (Wildman–Crippen MR) is 49.7 cm³/mol. The van der Waals surface area contributed by atoms with Gasteiger partial charge in [0.25, 0.3) is 0 Å². The van der Waals surface area contributed by atoms with Crippen molar-refractivity contribution >= 4 is 26.8 Å². The van der Waals surface area contributed by atoms with E-state index in [1.165, 1.54) is 11.3 Å². The van der Waals surface area contributed by atoms with Crippen LogP contribution in [0.5, 0.6) is 0 Å². The van der Waals surface area contributed by atoms with Crippen LogP contribution in [0.4, 0.5) is 5.13 Å². The van der Waals surface area contributed by atoms with Crippen LogP contribution in [0.25, 0.3) is 10.3 Å². The molecule has 0 aliphatic carbocycles. The molecule has 0 atom stereocenters. The van der Waals surface area contributed by atoms with Crippen LogP contribution < -0.4 is 11.5 Å². The lowest BCUT2D eigenvalue weighted by molar-refractivity contribution is 1.06. The summed E-state index contributed by atoms with van der Waals surface area (Å²) in [5.41, 5.74) is 12.7. The molecule has 12 heavy (non-hydrogen) atoms. The third kappa shape index (κ3) is 1.13. The van der Waals surface area contributed by atoms with Gasteiger partial charge in [-0.1, -0.05) is 11.3 Å². The average Bonchev–Trinajstić information content (AvgIpc) is 2.43. The number of nitrogens with two attached hydrogens (primary N) is 2. The van der Waals surface area contributed by atoms with Crippen molar-refractivity contribution in [3.63, 3.8) is 0 Å². The van der Waals surface area contributed by atoms with E-state index in [1.807, 2.05) is 6.07 Å². The first-order valence-corrected chi connectivity index (χ1v) is 4.32. The quantitative estimate of drug-likeness (QED) is 0.678. The van der Waals surface area contributed by atoms with Crippen molar-refractivity contribution in [3.8, 4) is 0 Å². The fraction of sp³-hybridized carbons (Fsp3) is 0.143. The first kappa shape index (κ1) is 7.45. The summed E-state index contributed by atoms with van der Waals surface area (Å²) in [4.78, 5) is 8.15. The van der Waals surface area contributed by atoms with Gasteiger partial charge in [-0.3, -0.25) is 0 Å². The zero-order chi connectivity index (χ0) is 8.55. The van der Waals surface area contributed by atoms with Gasteiger partial charge in [-0.2, -0.15) is 0 Å². The molecule has 4 nitrogen and oxygen atoms in total. The van der Waals surface area contributed by atoms with Crippen LogP contribution in [0.3, 0.4) is 0 Å². The molecule has 2 aromatic heterocycles. The summed E-state index contributed by atoms with van der Waals surface area (Å²) >= 11 is 1.43. The molecule has 5 heteroatoms. The van der Waals surface area contributed by atoms with Crippen LogP contribution in [0.2, 0.25) is 0 Å². The maximum Gasteiger partial charge on any atom is 0.182 e. The molecule has 0 aromatic carbocycles. The van der Waals surface area contributed by atoms with Crippen molar-refractivity contribution in [1.82, 2.24) is 9.97 Å². The minimum Gasteiger partial charge on any atom is -0.375 e. The number of nitrogen functional groups attached to an aromatic ring is 1. The molecule has 62 valence electrons. The highest BCUT2D eigenvalue weighted by molar-refractivity contribution is 7.21. The molecule has 0 bridgehead atoms. The number of thiazole rings is 1. The fourth-order valence-electron chi connectivity index (χ4n) is 0.988. The molecular formula is C7H8N4S. The largest absolute Gasteiger partial charge is 0.375 e. The lowest BCUT2D eigenvalue weighted by Gasteiger charge is -1.92. The molecule has 4 N–H and O–H groups in total. The Morgan fingerprint density at radius 1 is 1.50 bits per heavy atom. The van der Waals surface area contributed by atoms with Crippen molar-refractivity contribution in [3.05, 3.63) is 17.8 Å². The first-order valence-electron chi connectivity index (χ1n) is 3.50. The minimum atomic E-state index is 0.501. The number of hydrogen-bond acceptors (Lipinski definition) is 5. The number of aromatic nitrogens is 2. The molecule has 0 saturated carbocycles. The Balaban J connectivity index is 2.66. The van der Waals surface area contributed by atoms with Crippen LogP contribution in [0.15, 0.2) is 12.3 Å². The molecule has 2 aromatic rings. The highest BCUT2D eigenvalue weighted by Crippen LogP contribution is 2.22. The number of hydrogen-bond donors (Lipinski definition) is 2. The topological polar surface area (TPSA) is 77.8 Å². The van der Waals surface area contributed by atoms with Gasteiger partial charge in [0.15, 0.2) is 10.8 Å². The van der Waals surface area contributed by atoms with Crippen molar-refractivity contribution in [1.29, 1.82) is 0 Å². The van der Waals surface area contributed by atoms with E-state index in [4.69, 9.17) is 11.5 Å². The molecular weight excluding hydrogens is 172 g/mol. The Bertz CT molecular complexity index is 409. The Morgan fingerprint density at radius 3 is 3.08 bits per heavy atom. The lowest BCUT2D eigenvalue weighted by Crippen LogP contribution is -1.96. The molecule has 0 aliphatic heterocycles. The normalized spacial score (nSPS) is 10.8. The number of fused-ring (bicyclic) bond motifs is 1. The Labute approximate surface area is 73.2 Å². The Kier molecular flexibility index (Phi) is 1.67. The van der Waals surface area contributed by atoms with E-state index in [0.717, 1.165) is 10.3 Å². The zero-order valence-electron chi connectivity index (χ0n) is 6.32. The highest BCUT2D eigenvalue weighted by Gasteiger charge is 2.01. The van der Waals surface area contributed by atoms with Crippen LogP contribution in [-0.2, 0) is 6.54 Å². The predicted octanol–water partition coefficient (Wildman–Crippen LogP) is 0.732. The summed E-state index contributed by atoms with van der Waals surface area (Å²) in [5, 5.41) is 0.548. The van der Waals surface area contributed by atoms with Gasteiger partial charge < -0.3 is 11.5 Å². The fourth-order valence-corrected chi connectivity index (χ4v) is 1.75. The second-order valence-corrected chi connectivity index (χ2v) is 3.48. The van der Waals surface area contributed by atoms with E-state index in [-0.39, 0.29) is 0 Å². The van der Waals surface area contributed by atoms with Gasteiger partial charge >= 0.3 is 0 Å². The summed E-state index contributed by atoms with van der Waals surface area (Å²) in [5.74, 6) is 0. The average molecular weight is 180 g/mol. The molecule has 2 heterocycles. The molecule has 0 fully saturated rings. The molecule has 0 amide bonds. The summed E-state index contributed by atoms with van der Waals surface area (Å²) in [6, 6.07) is 1.97. The Hall–Kier alpha value is -1.20. The zero-order valence-corrected chi connectivity index (χ0v) is 7.14. The lowest BCUT2D eigenvalue weighted by atomic mass is 10.3. The molecule has 0 aliphatic rings. The van der Waals surface area contributed by atoms with Gasteiger partial charge in [0, 0.05) is 12.7 Å². The van der Waals surface area contributed by atoms with Crippen molar-refractivity contribution in [2.75, 3.05) is 5.73 Å². The van der Waals surface area contributed by atoms with Gasteiger partial charge in [0.2, 0.25) is 0 Å². The smallest absolute Gasteiger partial charge is 0.182 e. The van der Waals surface area contributed by atoms with E-state index in [1.54, 1.807) is 6.20 Å². The second-order valence-electron chi connectivity index (χ2n) is 2.42. The maximum atomic E-state index is 5.52. The number of pyridine rings is 1. The van der Waals surface area contributed by atoms with Crippen LogP contribution >= 0.6 is 11.3 Å². The van der Waals surface area contributed by atoms with Gasteiger partial charge in [0.05, 0.1) is 4.70 Å². The van der Waals surface area contributed by atoms with Gasteiger partial charge in [-0.05, 0) is 11.6 Å². The second kappa shape index (κ2) is 2.69. The molecule has 2 rings (SSSR count).